The highest BCUT2D eigenvalue weighted by Gasteiger charge is 2.30. The molecule has 3 atom stereocenters. The third kappa shape index (κ3) is 3.67. The largest absolute Gasteiger partial charge is 0.490 e. The van der Waals surface area contributed by atoms with Crippen molar-refractivity contribution in [2.45, 2.75) is 52.1 Å². The standard InChI is InChI=1S/C17H26ClNO/c1-3-12-5-6-14(11-19)17(9-12)20-15-7-8-16(18)13(4-2)10-15/h7-8,10,12,14,17H,3-6,9,11,19H2,1-2H3. The fourth-order valence-corrected chi connectivity index (χ4v) is 3.38. The summed E-state index contributed by atoms with van der Waals surface area (Å²) in [5.74, 6) is 2.20. The van der Waals surface area contributed by atoms with Crippen LogP contribution in [-0.2, 0) is 6.42 Å². The van der Waals surface area contributed by atoms with E-state index in [1.165, 1.54) is 19.3 Å². The zero-order chi connectivity index (χ0) is 14.5. The van der Waals surface area contributed by atoms with Crippen LogP contribution in [-0.4, -0.2) is 12.6 Å². The minimum atomic E-state index is 0.254. The lowest BCUT2D eigenvalue weighted by atomic mass is 9.78. The maximum absolute atomic E-state index is 6.25. The molecule has 20 heavy (non-hydrogen) atoms. The Kier molecular flexibility index (Phi) is 5.74. The Morgan fingerprint density at radius 3 is 2.75 bits per heavy atom. The normalized spacial score (nSPS) is 26.5. The fourth-order valence-electron chi connectivity index (χ4n) is 3.13. The predicted octanol–water partition coefficient (Wildman–Crippen LogP) is 4.43. The van der Waals surface area contributed by atoms with Gasteiger partial charge in [0.25, 0.3) is 0 Å². The number of hydrogen-bond donors (Lipinski definition) is 1. The van der Waals surface area contributed by atoms with Crippen molar-refractivity contribution in [1.82, 2.24) is 0 Å². The molecule has 2 N–H and O–H groups in total. The summed E-state index contributed by atoms with van der Waals surface area (Å²) >= 11 is 6.17. The molecule has 2 nitrogen and oxygen atoms in total. The predicted molar refractivity (Wildman–Crippen MR) is 85.4 cm³/mol. The van der Waals surface area contributed by atoms with E-state index in [0.717, 1.165) is 41.6 Å². The minimum Gasteiger partial charge on any atom is -0.490 e. The molecular formula is C17H26ClNO. The lowest BCUT2D eigenvalue weighted by molar-refractivity contribution is 0.0684. The van der Waals surface area contributed by atoms with Crippen molar-refractivity contribution < 1.29 is 4.74 Å². The molecule has 1 aliphatic carbocycles. The summed E-state index contributed by atoms with van der Waals surface area (Å²) in [6.45, 7) is 5.10. The van der Waals surface area contributed by atoms with Gasteiger partial charge in [0.15, 0.2) is 0 Å². The summed E-state index contributed by atoms with van der Waals surface area (Å²) in [5, 5.41) is 0.824. The first kappa shape index (κ1) is 15.7. The number of rotatable bonds is 5. The van der Waals surface area contributed by atoms with Crippen molar-refractivity contribution in [2.75, 3.05) is 6.54 Å². The first-order chi connectivity index (χ1) is 9.67. The van der Waals surface area contributed by atoms with Gasteiger partial charge < -0.3 is 10.5 Å². The van der Waals surface area contributed by atoms with Crippen LogP contribution in [0.25, 0.3) is 0 Å². The van der Waals surface area contributed by atoms with Gasteiger partial charge in [-0.2, -0.15) is 0 Å². The van der Waals surface area contributed by atoms with Crippen LogP contribution in [0.4, 0.5) is 0 Å². The van der Waals surface area contributed by atoms with Gasteiger partial charge in [-0.1, -0.05) is 31.9 Å². The van der Waals surface area contributed by atoms with Crippen molar-refractivity contribution >= 4 is 11.6 Å². The molecule has 1 saturated carbocycles. The van der Waals surface area contributed by atoms with Gasteiger partial charge in [-0.3, -0.25) is 0 Å². The van der Waals surface area contributed by atoms with E-state index in [1.807, 2.05) is 12.1 Å². The highest BCUT2D eigenvalue weighted by molar-refractivity contribution is 6.31. The van der Waals surface area contributed by atoms with Crippen LogP contribution in [0.1, 0.15) is 45.1 Å². The van der Waals surface area contributed by atoms with E-state index >= 15 is 0 Å². The Balaban J connectivity index is 2.09. The van der Waals surface area contributed by atoms with Gasteiger partial charge in [-0.15, -0.1) is 0 Å². The molecule has 0 aliphatic heterocycles. The van der Waals surface area contributed by atoms with Crippen molar-refractivity contribution in [2.24, 2.45) is 17.6 Å². The number of halogens is 1. The molecule has 0 bridgehead atoms. The van der Waals surface area contributed by atoms with Crippen molar-refractivity contribution in [3.05, 3.63) is 28.8 Å². The van der Waals surface area contributed by atoms with Crippen LogP contribution < -0.4 is 10.5 Å². The smallest absolute Gasteiger partial charge is 0.120 e. The van der Waals surface area contributed by atoms with Crippen LogP contribution in [0.5, 0.6) is 5.75 Å². The maximum atomic E-state index is 6.25. The summed E-state index contributed by atoms with van der Waals surface area (Å²) in [6, 6.07) is 5.99. The lowest BCUT2D eigenvalue weighted by Gasteiger charge is -2.35. The summed E-state index contributed by atoms with van der Waals surface area (Å²) in [4.78, 5) is 0. The zero-order valence-electron chi connectivity index (χ0n) is 12.6. The molecule has 0 aromatic heterocycles. The summed E-state index contributed by atoms with van der Waals surface area (Å²) in [6.07, 6.45) is 6.02. The number of hydrogen-bond acceptors (Lipinski definition) is 2. The Hall–Kier alpha value is -0.730. The second kappa shape index (κ2) is 7.33. The monoisotopic (exact) mass is 295 g/mol. The molecule has 3 unspecified atom stereocenters. The molecule has 2 rings (SSSR count). The molecule has 3 heteroatoms. The summed E-state index contributed by atoms with van der Waals surface area (Å²) < 4.78 is 6.25. The van der Waals surface area contributed by atoms with Gasteiger partial charge in [0.1, 0.15) is 11.9 Å². The average Bonchev–Trinajstić information content (AvgIpc) is 2.49. The van der Waals surface area contributed by atoms with Gasteiger partial charge in [0, 0.05) is 10.9 Å². The second-order valence-electron chi connectivity index (χ2n) is 5.85. The molecule has 0 spiro atoms. The van der Waals surface area contributed by atoms with E-state index < -0.39 is 0 Å². The van der Waals surface area contributed by atoms with Crippen molar-refractivity contribution in [3.63, 3.8) is 0 Å². The third-order valence-electron chi connectivity index (χ3n) is 4.60. The van der Waals surface area contributed by atoms with E-state index in [9.17, 15) is 0 Å². The van der Waals surface area contributed by atoms with Gasteiger partial charge in [0.2, 0.25) is 0 Å². The molecular weight excluding hydrogens is 270 g/mol. The van der Waals surface area contributed by atoms with Crippen LogP contribution in [0.15, 0.2) is 18.2 Å². The molecule has 1 fully saturated rings. The van der Waals surface area contributed by atoms with Gasteiger partial charge in [-0.25, -0.2) is 0 Å². The second-order valence-corrected chi connectivity index (χ2v) is 6.25. The van der Waals surface area contributed by atoms with Gasteiger partial charge >= 0.3 is 0 Å². The van der Waals surface area contributed by atoms with E-state index in [0.29, 0.717) is 5.92 Å². The van der Waals surface area contributed by atoms with Crippen molar-refractivity contribution in [1.29, 1.82) is 0 Å². The average molecular weight is 296 g/mol. The third-order valence-corrected chi connectivity index (χ3v) is 4.97. The number of nitrogens with two attached hydrogens (primary N) is 1. The fraction of sp³-hybridized carbons (Fsp3) is 0.647. The molecule has 0 heterocycles. The van der Waals surface area contributed by atoms with Gasteiger partial charge in [0.05, 0.1) is 0 Å². The van der Waals surface area contributed by atoms with Crippen LogP contribution in [0.2, 0.25) is 5.02 Å². The van der Waals surface area contributed by atoms with Gasteiger partial charge in [-0.05, 0) is 61.9 Å². The van der Waals surface area contributed by atoms with Crippen LogP contribution in [0, 0.1) is 11.8 Å². The number of aryl methyl sites for hydroxylation is 1. The molecule has 112 valence electrons. The van der Waals surface area contributed by atoms with E-state index in [1.54, 1.807) is 0 Å². The van der Waals surface area contributed by atoms with E-state index in [2.05, 4.69) is 19.9 Å². The minimum absolute atomic E-state index is 0.254. The molecule has 0 radical (unpaired) electrons. The molecule has 1 aromatic rings. The van der Waals surface area contributed by atoms with E-state index in [-0.39, 0.29) is 6.10 Å². The molecule has 0 amide bonds. The summed E-state index contributed by atoms with van der Waals surface area (Å²) in [5.41, 5.74) is 7.06. The zero-order valence-corrected chi connectivity index (χ0v) is 13.3. The Morgan fingerprint density at radius 2 is 2.10 bits per heavy atom. The topological polar surface area (TPSA) is 35.2 Å². The van der Waals surface area contributed by atoms with E-state index in [4.69, 9.17) is 22.1 Å². The molecule has 1 aromatic carbocycles. The quantitative estimate of drug-likeness (QED) is 0.872. The maximum Gasteiger partial charge on any atom is 0.120 e. The SMILES string of the molecule is CCc1cc(OC2CC(CC)CCC2CN)ccc1Cl. The van der Waals surface area contributed by atoms with Crippen LogP contribution in [0.3, 0.4) is 0 Å². The highest BCUT2D eigenvalue weighted by Crippen LogP contribution is 2.34. The lowest BCUT2D eigenvalue weighted by Crippen LogP contribution is -2.38. The first-order valence-electron chi connectivity index (χ1n) is 7.83. The number of ether oxygens (including phenoxy) is 1. The first-order valence-corrected chi connectivity index (χ1v) is 8.20. The van der Waals surface area contributed by atoms with Crippen LogP contribution >= 0.6 is 11.6 Å². The molecule has 0 saturated heterocycles. The summed E-state index contributed by atoms with van der Waals surface area (Å²) in [7, 11) is 0. The Bertz CT molecular complexity index is 435. The highest BCUT2D eigenvalue weighted by atomic mass is 35.5. The molecule has 1 aliphatic rings. The number of benzene rings is 1. The van der Waals surface area contributed by atoms with Crippen molar-refractivity contribution in [3.8, 4) is 5.75 Å². The Labute approximate surface area is 127 Å². The Morgan fingerprint density at radius 1 is 1.30 bits per heavy atom.